The van der Waals surface area contributed by atoms with Crippen molar-refractivity contribution in [3.63, 3.8) is 0 Å². The van der Waals surface area contributed by atoms with E-state index in [4.69, 9.17) is 10.4 Å². The van der Waals surface area contributed by atoms with Gasteiger partial charge >= 0.3 is 0 Å². The van der Waals surface area contributed by atoms with Crippen LogP contribution in [0.5, 0.6) is 5.75 Å². The van der Waals surface area contributed by atoms with E-state index in [-0.39, 0.29) is 23.1 Å². The van der Waals surface area contributed by atoms with Gasteiger partial charge in [-0.25, -0.2) is 8.42 Å². The highest BCUT2D eigenvalue weighted by Crippen LogP contribution is 2.19. The summed E-state index contributed by atoms with van der Waals surface area (Å²) in [4.78, 5) is 0.0996. The molecule has 6 heteroatoms. The summed E-state index contributed by atoms with van der Waals surface area (Å²) in [6.07, 6.45) is 0.133. The van der Waals surface area contributed by atoms with E-state index in [1.54, 1.807) is 6.92 Å². The molecule has 0 saturated heterocycles. The van der Waals surface area contributed by atoms with E-state index in [2.05, 4.69) is 0 Å². The molecular formula is C11H14N2O3S. The quantitative estimate of drug-likeness (QED) is 0.878. The van der Waals surface area contributed by atoms with Gasteiger partial charge in [-0.1, -0.05) is 0 Å². The lowest BCUT2D eigenvalue weighted by atomic mass is 10.3. The Balaban J connectivity index is 3.03. The van der Waals surface area contributed by atoms with Gasteiger partial charge in [0.15, 0.2) is 0 Å². The molecule has 1 unspecified atom stereocenters. The van der Waals surface area contributed by atoms with Crippen molar-refractivity contribution >= 4 is 10.0 Å². The number of phenolic OH excluding ortho intramolecular Hbond substituents is 1. The summed E-state index contributed by atoms with van der Waals surface area (Å²) in [7, 11) is -2.17. The Labute approximate surface area is 101 Å². The topological polar surface area (TPSA) is 81.4 Å². The number of sulfonamides is 1. The highest BCUT2D eigenvalue weighted by Gasteiger charge is 2.24. The molecule has 0 aliphatic heterocycles. The average Bonchev–Trinajstić information content (AvgIpc) is 2.29. The second kappa shape index (κ2) is 5.17. The van der Waals surface area contributed by atoms with Gasteiger partial charge in [0.05, 0.1) is 17.4 Å². The van der Waals surface area contributed by atoms with Crippen LogP contribution in [-0.4, -0.2) is 30.9 Å². The molecule has 92 valence electrons. The Morgan fingerprint density at radius 2 is 1.94 bits per heavy atom. The fourth-order valence-electron chi connectivity index (χ4n) is 1.28. The van der Waals surface area contributed by atoms with E-state index in [0.29, 0.717) is 0 Å². The molecule has 0 fully saturated rings. The van der Waals surface area contributed by atoms with Crippen LogP contribution in [0.2, 0.25) is 0 Å². The van der Waals surface area contributed by atoms with Crippen LogP contribution < -0.4 is 0 Å². The number of nitrogens with zero attached hydrogens (tertiary/aromatic N) is 2. The van der Waals surface area contributed by atoms with Crippen LogP contribution in [0.4, 0.5) is 0 Å². The summed E-state index contributed by atoms with van der Waals surface area (Å²) in [5, 5.41) is 17.7. The third-order valence-corrected chi connectivity index (χ3v) is 4.51. The van der Waals surface area contributed by atoms with Gasteiger partial charge in [-0.05, 0) is 31.2 Å². The zero-order chi connectivity index (χ0) is 13.1. The number of phenols is 1. The lowest BCUT2D eigenvalue weighted by Crippen LogP contribution is -2.34. The Kier molecular flexibility index (Phi) is 4.10. The Morgan fingerprint density at radius 1 is 1.41 bits per heavy atom. The molecule has 0 aromatic heterocycles. The Hall–Kier alpha value is -1.58. The van der Waals surface area contributed by atoms with Crippen molar-refractivity contribution in [1.29, 1.82) is 5.26 Å². The first-order chi connectivity index (χ1) is 7.89. The molecule has 0 saturated carbocycles. The normalized spacial score (nSPS) is 13.3. The van der Waals surface area contributed by atoms with Crippen LogP contribution in [0.25, 0.3) is 0 Å². The number of rotatable bonds is 4. The SMILES string of the molecule is CC(CC#N)N(C)S(=O)(=O)c1ccc(O)cc1. The highest BCUT2D eigenvalue weighted by molar-refractivity contribution is 7.89. The fraction of sp³-hybridized carbons (Fsp3) is 0.364. The first-order valence-electron chi connectivity index (χ1n) is 5.03. The molecule has 17 heavy (non-hydrogen) atoms. The zero-order valence-electron chi connectivity index (χ0n) is 9.66. The molecule has 0 heterocycles. The van der Waals surface area contributed by atoms with Crippen molar-refractivity contribution in [2.24, 2.45) is 0 Å². The molecule has 0 bridgehead atoms. The van der Waals surface area contributed by atoms with E-state index in [9.17, 15) is 8.42 Å². The van der Waals surface area contributed by atoms with Crippen molar-refractivity contribution < 1.29 is 13.5 Å². The van der Waals surface area contributed by atoms with Crippen molar-refractivity contribution in [1.82, 2.24) is 4.31 Å². The van der Waals surface area contributed by atoms with E-state index < -0.39 is 10.0 Å². The van der Waals surface area contributed by atoms with E-state index in [0.717, 1.165) is 4.31 Å². The maximum Gasteiger partial charge on any atom is 0.243 e. The van der Waals surface area contributed by atoms with Crippen LogP contribution in [-0.2, 0) is 10.0 Å². The van der Waals surface area contributed by atoms with Gasteiger partial charge in [0.2, 0.25) is 10.0 Å². The van der Waals surface area contributed by atoms with Crippen LogP contribution >= 0.6 is 0 Å². The molecule has 0 amide bonds. The van der Waals surface area contributed by atoms with Gasteiger partial charge in [-0.3, -0.25) is 0 Å². The fourth-order valence-corrected chi connectivity index (χ4v) is 2.64. The van der Waals surface area contributed by atoms with Gasteiger partial charge in [0, 0.05) is 13.1 Å². The minimum Gasteiger partial charge on any atom is -0.508 e. The van der Waals surface area contributed by atoms with E-state index in [1.165, 1.54) is 31.3 Å². The summed E-state index contributed by atoms with van der Waals surface area (Å²) >= 11 is 0. The minimum absolute atomic E-state index is 0.0108. The first-order valence-corrected chi connectivity index (χ1v) is 6.47. The van der Waals surface area contributed by atoms with Crippen molar-refractivity contribution in [2.45, 2.75) is 24.3 Å². The third-order valence-electron chi connectivity index (χ3n) is 2.52. The Morgan fingerprint density at radius 3 is 2.41 bits per heavy atom. The van der Waals surface area contributed by atoms with Crippen molar-refractivity contribution in [2.75, 3.05) is 7.05 Å². The standard InChI is InChI=1S/C11H14N2O3S/c1-9(7-8-12)13(2)17(15,16)11-5-3-10(14)4-6-11/h3-6,9,14H,7H2,1-2H3. The molecule has 1 N–H and O–H groups in total. The molecule has 0 spiro atoms. The predicted molar refractivity (Wildman–Crippen MR) is 62.7 cm³/mol. The van der Waals surface area contributed by atoms with Gasteiger partial charge in [0.1, 0.15) is 5.75 Å². The summed E-state index contributed by atoms with van der Waals surface area (Å²) in [6, 6.07) is 6.84. The monoisotopic (exact) mass is 254 g/mol. The summed E-state index contributed by atoms with van der Waals surface area (Å²) in [5.74, 6) is 0.0108. The molecule has 1 atom stereocenters. The van der Waals surface area contributed by atoms with Gasteiger partial charge in [-0.2, -0.15) is 9.57 Å². The zero-order valence-corrected chi connectivity index (χ0v) is 10.5. The van der Waals surface area contributed by atoms with Crippen molar-refractivity contribution in [3.05, 3.63) is 24.3 Å². The molecular weight excluding hydrogens is 240 g/mol. The first kappa shape index (κ1) is 13.5. The second-order valence-corrected chi connectivity index (χ2v) is 5.72. The lowest BCUT2D eigenvalue weighted by molar-refractivity contribution is 0.393. The Bertz CT molecular complexity index is 517. The largest absolute Gasteiger partial charge is 0.508 e. The molecule has 1 rings (SSSR count). The van der Waals surface area contributed by atoms with Crippen LogP contribution in [0.3, 0.4) is 0 Å². The smallest absolute Gasteiger partial charge is 0.243 e. The van der Waals surface area contributed by atoms with Gasteiger partial charge in [-0.15, -0.1) is 0 Å². The maximum absolute atomic E-state index is 12.1. The summed E-state index contributed by atoms with van der Waals surface area (Å²) in [5.41, 5.74) is 0. The molecule has 0 radical (unpaired) electrons. The molecule has 0 aliphatic carbocycles. The number of hydrogen-bond acceptors (Lipinski definition) is 4. The van der Waals surface area contributed by atoms with Crippen LogP contribution in [0.15, 0.2) is 29.2 Å². The number of nitriles is 1. The number of hydrogen-bond donors (Lipinski definition) is 1. The minimum atomic E-state index is -3.61. The van der Waals surface area contributed by atoms with Crippen molar-refractivity contribution in [3.8, 4) is 11.8 Å². The van der Waals surface area contributed by atoms with Crippen LogP contribution in [0, 0.1) is 11.3 Å². The maximum atomic E-state index is 12.1. The van der Waals surface area contributed by atoms with E-state index in [1.807, 2.05) is 6.07 Å². The lowest BCUT2D eigenvalue weighted by Gasteiger charge is -2.22. The summed E-state index contributed by atoms with van der Waals surface area (Å²) < 4.78 is 25.3. The average molecular weight is 254 g/mol. The van der Waals surface area contributed by atoms with E-state index >= 15 is 0 Å². The second-order valence-electron chi connectivity index (χ2n) is 3.73. The molecule has 5 nitrogen and oxygen atoms in total. The highest BCUT2D eigenvalue weighted by atomic mass is 32.2. The predicted octanol–water partition coefficient (Wildman–Crippen LogP) is 1.31. The van der Waals surface area contributed by atoms with Crippen LogP contribution in [0.1, 0.15) is 13.3 Å². The summed E-state index contributed by atoms with van der Waals surface area (Å²) in [6.45, 7) is 1.67. The number of aromatic hydroxyl groups is 1. The third kappa shape index (κ3) is 2.96. The molecule has 1 aromatic rings. The van der Waals surface area contributed by atoms with Gasteiger partial charge < -0.3 is 5.11 Å². The molecule has 0 aliphatic rings. The van der Waals surface area contributed by atoms with Gasteiger partial charge in [0.25, 0.3) is 0 Å². The number of benzene rings is 1. The molecule has 1 aromatic carbocycles.